The third-order valence-corrected chi connectivity index (χ3v) is 5.11. The van der Waals surface area contributed by atoms with Gasteiger partial charge in [-0.3, -0.25) is 0 Å². The lowest BCUT2D eigenvalue weighted by molar-refractivity contribution is -0.159. The van der Waals surface area contributed by atoms with Gasteiger partial charge in [0.05, 0.1) is 11.7 Å². The fourth-order valence-electron chi connectivity index (χ4n) is 3.58. The van der Waals surface area contributed by atoms with E-state index in [9.17, 15) is 5.11 Å². The van der Waals surface area contributed by atoms with Crippen LogP contribution in [0.2, 0.25) is 0 Å². The minimum Gasteiger partial charge on any atom is -0.393 e. The van der Waals surface area contributed by atoms with Crippen LogP contribution in [0.25, 0.3) is 0 Å². The van der Waals surface area contributed by atoms with E-state index in [0.717, 1.165) is 71.6 Å². The first-order chi connectivity index (χ1) is 9.69. The van der Waals surface area contributed by atoms with Crippen LogP contribution in [-0.4, -0.2) is 61.2 Å². The Bertz CT molecular complexity index is 269. The minimum atomic E-state index is -0.181. The highest BCUT2D eigenvalue weighted by Gasteiger charge is 2.40. The molecule has 2 rings (SSSR count). The second-order valence-corrected chi connectivity index (χ2v) is 6.28. The van der Waals surface area contributed by atoms with Gasteiger partial charge < -0.3 is 19.5 Å². The van der Waals surface area contributed by atoms with E-state index in [1.165, 1.54) is 0 Å². The summed E-state index contributed by atoms with van der Waals surface area (Å²) in [6.45, 7) is 9.92. The van der Waals surface area contributed by atoms with Crippen molar-refractivity contribution in [1.82, 2.24) is 4.90 Å². The molecule has 118 valence electrons. The first kappa shape index (κ1) is 16.2. The number of hydrogen-bond donors (Lipinski definition) is 1. The van der Waals surface area contributed by atoms with Gasteiger partial charge >= 0.3 is 0 Å². The summed E-state index contributed by atoms with van der Waals surface area (Å²) in [5.41, 5.74) is -0.00263. The highest BCUT2D eigenvalue weighted by atomic mass is 16.5. The Morgan fingerprint density at radius 3 is 2.55 bits per heavy atom. The highest BCUT2D eigenvalue weighted by molar-refractivity contribution is 4.91. The minimum absolute atomic E-state index is 0.00263. The third kappa shape index (κ3) is 4.17. The Hall–Kier alpha value is -0.160. The van der Waals surface area contributed by atoms with Gasteiger partial charge in [-0.05, 0) is 51.1 Å². The molecule has 2 saturated heterocycles. The topological polar surface area (TPSA) is 41.9 Å². The second kappa shape index (κ2) is 7.74. The van der Waals surface area contributed by atoms with Crippen LogP contribution in [0.4, 0.5) is 0 Å². The molecule has 2 fully saturated rings. The molecular weight excluding hydrogens is 254 g/mol. The van der Waals surface area contributed by atoms with Crippen molar-refractivity contribution in [3.63, 3.8) is 0 Å². The first-order valence-electron chi connectivity index (χ1n) is 8.31. The van der Waals surface area contributed by atoms with Crippen LogP contribution in [0.15, 0.2) is 0 Å². The van der Waals surface area contributed by atoms with Gasteiger partial charge in [0.1, 0.15) is 0 Å². The van der Waals surface area contributed by atoms with E-state index in [-0.39, 0.29) is 11.7 Å². The van der Waals surface area contributed by atoms with Crippen molar-refractivity contribution in [2.75, 3.05) is 39.5 Å². The quantitative estimate of drug-likeness (QED) is 0.811. The number of hydrogen-bond acceptors (Lipinski definition) is 4. The van der Waals surface area contributed by atoms with Crippen LogP contribution in [0.5, 0.6) is 0 Å². The molecular formula is C16H31NO3. The molecule has 2 heterocycles. The molecule has 0 radical (unpaired) electrons. The highest BCUT2D eigenvalue weighted by Crippen LogP contribution is 2.38. The van der Waals surface area contributed by atoms with Gasteiger partial charge in [-0.1, -0.05) is 13.8 Å². The van der Waals surface area contributed by atoms with Crippen LogP contribution in [0, 0.1) is 5.92 Å². The maximum Gasteiger partial charge on any atom is 0.0730 e. The van der Waals surface area contributed by atoms with Gasteiger partial charge in [0.15, 0.2) is 0 Å². The Labute approximate surface area is 123 Å². The largest absolute Gasteiger partial charge is 0.393 e. The van der Waals surface area contributed by atoms with E-state index in [0.29, 0.717) is 5.92 Å². The van der Waals surface area contributed by atoms with Crippen molar-refractivity contribution in [3.05, 3.63) is 0 Å². The summed E-state index contributed by atoms with van der Waals surface area (Å²) in [4.78, 5) is 2.38. The number of ether oxygens (including phenoxy) is 2. The Morgan fingerprint density at radius 1 is 1.20 bits per heavy atom. The molecule has 0 aromatic heterocycles. The van der Waals surface area contributed by atoms with Crippen LogP contribution < -0.4 is 0 Å². The molecule has 0 bridgehead atoms. The van der Waals surface area contributed by atoms with Crippen molar-refractivity contribution in [2.45, 2.75) is 57.7 Å². The fraction of sp³-hybridized carbons (Fsp3) is 1.00. The van der Waals surface area contributed by atoms with Gasteiger partial charge in [0, 0.05) is 26.4 Å². The summed E-state index contributed by atoms with van der Waals surface area (Å²) in [6, 6.07) is 0. The molecule has 2 atom stereocenters. The lowest BCUT2D eigenvalue weighted by atomic mass is 9.78. The van der Waals surface area contributed by atoms with Crippen molar-refractivity contribution in [3.8, 4) is 0 Å². The lowest BCUT2D eigenvalue weighted by Crippen LogP contribution is -2.47. The average Bonchev–Trinajstić information content (AvgIpc) is 2.49. The van der Waals surface area contributed by atoms with Crippen LogP contribution >= 0.6 is 0 Å². The standard InChI is InChI=1S/C16H31NO3/c1-3-17(4-2)9-5-15(18)14-6-10-20-16(13-14)7-11-19-12-8-16/h14-15,18H,3-13H2,1-2H3. The molecule has 1 spiro atoms. The van der Waals surface area contributed by atoms with Gasteiger partial charge in [-0.2, -0.15) is 0 Å². The van der Waals surface area contributed by atoms with E-state index in [4.69, 9.17) is 9.47 Å². The molecule has 0 aliphatic carbocycles. The molecule has 0 aromatic carbocycles. The number of aliphatic hydroxyl groups is 1. The molecule has 1 N–H and O–H groups in total. The molecule has 2 aliphatic heterocycles. The zero-order valence-electron chi connectivity index (χ0n) is 13.1. The average molecular weight is 285 g/mol. The molecule has 0 saturated carbocycles. The molecule has 0 amide bonds. The summed E-state index contributed by atoms with van der Waals surface area (Å²) < 4.78 is 11.5. The number of aliphatic hydroxyl groups excluding tert-OH is 1. The zero-order valence-corrected chi connectivity index (χ0v) is 13.1. The SMILES string of the molecule is CCN(CC)CCC(O)C1CCOC2(CCOCC2)C1. The van der Waals surface area contributed by atoms with Crippen molar-refractivity contribution in [2.24, 2.45) is 5.92 Å². The van der Waals surface area contributed by atoms with Crippen LogP contribution in [0.1, 0.15) is 46.0 Å². The van der Waals surface area contributed by atoms with Gasteiger partial charge in [0.2, 0.25) is 0 Å². The molecule has 2 unspecified atom stereocenters. The maximum absolute atomic E-state index is 10.5. The van der Waals surface area contributed by atoms with E-state index >= 15 is 0 Å². The van der Waals surface area contributed by atoms with Gasteiger partial charge in [0.25, 0.3) is 0 Å². The fourth-order valence-corrected chi connectivity index (χ4v) is 3.58. The monoisotopic (exact) mass is 285 g/mol. The normalized spacial score (nSPS) is 27.9. The van der Waals surface area contributed by atoms with Crippen LogP contribution in [0.3, 0.4) is 0 Å². The molecule has 0 aromatic rings. The Balaban J connectivity index is 1.81. The first-order valence-corrected chi connectivity index (χ1v) is 8.31. The predicted molar refractivity (Wildman–Crippen MR) is 79.9 cm³/mol. The summed E-state index contributed by atoms with van der Waals surface area (Å²) >= 11 is 0. The third-order valence-electron chi connectivity index (χ3n) is 5.11. The van der Waals surface area contributed by atoms with E-state index < -0.39 is 0 Å². The second-order valence-electron chi connectivity index (χ2n) is 6.28. The Morgan fingerprint density at radius 2 is 1.90 bits per heavy atom. The Kier molecular flexibility index (Phi) is 6.27. The summed E-state index contributed by atoms with van der Waals surface area (Å²) in [5, 5.41) is 10.5. The lowest BCUT2D eigenvalue weighted by Gasteiger charge is -2.44. The molecule has 4 heteroatoms. The summed E-state index contributed by atoms with van der Waals surface area (Å²) in [7, 11) is 0. The molecule has 20 heavy (non-hydrogen) atoms. The molecule has 4 nitrogen and oxygen atoms in total. The van der Waals surface area contributed by atoms with Crippen molar-refractivity contribution >= 4 is 0 Å². The van der Waals surface area contributed by atoms with E-state index in [1.807, 2.05) is 0 Å². The number of rotatable bonds is 6. The van der Waals surface area contributed by atoms with Gasteiger partial charge in [-0.25, -0.2) is 0 Å². The smallest absolute Gasteiger partial charge is 0.0730 e. The summed E-state index contributed by atoms with van der Waals surface area (Å²) in [5.74, 6) is 0.400. The molecule has 2 aliphatic rings. The van der Waals surface area contributed by atoms with Gasteiger partial charge in [-0.15, -0.1) is 0 Å². The van der Waals surface area contributed by atoms with Crippen LogP contribution in [-0.2, 0) is 9.47 Å². The summed E-state index contributed by atoms with van der Waals surface area (Å²) in [6.07, 6.45) is 4.70. The zero-order chi connectivity index (χ0) is 14.4. The number of nitrogens with zero attached hydrogens (tertiary/aromatic N) is 1. The van der Waals surface area contributed by atoms with Crippen molar-refractivity contribution < 1.29 is 14.6 Å². The van der Waals surface area contributed by atoms with Crippen molar-refractivity contribution in [1.29, 1.82) is 0 Å². The predicted octanol–water partition coefficient (Wildman–Crippen LogP) is 2.05. The van der Waals surface area contributed by atoms with E-state index in [2.05, 4.69) is 18.7 Å². The van der Waals surface area contributed by atoms with E-state index in [1.54, 1.807) is 0 Å². The maximum atomic E-state index is 10.5.